The van der Waals surface area contributed by atoms with Crippen LogP contribution in [0.3, 0.4) is 0 Å². The van der Waals surface area contributed by atoms with Crippen LogP contribution in [-0.4, -0.2) is 28.9 Å². The third-order valence-electron chi connectivity index (χ3n) is 3.42. The molecule has 1 saturated heterocycles. The molecule has 1 aliphatic heterocycles. The molecule has 102 valence electrons. The SMILES string of the molecule is CCC1C(=O)NC(C)C(=O)N1c1ccc(C)nc1C. The van der Waals surface area contributed by atoms with Crippen molar-refractivity contribution in [2.75, 3.05) is 4.90 Å². The molecule has 5 nitrogen and oxygen atoms in total. The number of carbonyl (C=O) groups is 2. The number of amides is 2. The van der Waals surface area contributed by atoms with E-state index in [0.29, 0.717) is 6.42 Å². The van der Waals surface area contributed by atoms with Crippen LogP contribution in [0.5, 0.6) is 0 Å². The van der Waals surface area contributed by atoms with E-state index in [1.807, 2.05) is 32.9 Å². The van der Waals surface area contributed by atoms with Crippen molar-refractivity contribution in [3.8, 4) is 0 Å². The molecule has 2 rings (SSSR count). The van der Waals surface area contributed by atoms with Crippen molar-refractivity contribution >= 4 is 17.5 Å². The summed E-state index contributed by atoms with van der Waals surface area (Å²) in [4.78, 5) is 30.3. The predicted octanol–water partition coefficient (Wildman–Crippen LogP) is 1.33. The topological polar surface area (TPSA) is 62.3 Å². The standard InChI is InChI=1S/C14H19N3O2/c1-5-11-13(18)16-10(4)14(19)17(11)12-7-6-8(2)15-9(12)3/h6-7,10-11H,5H2,1-4H3,(H,16,18). The second-order valence-corrected chi connectivity index (χ2v) is 4.92. The van der Waals surface area contributed by atoms with Crippen molar-refractivity contribution in [2.24, 2.45) is 0 Å². The lowest BCUT2D eigenvalue weighted by Gasteiger charge is -2.38. The van der Waals surface area contributed by atoms with Gasteiger partial charge in [-0.15, -0.1) is 0 Å². The molecule has 0 aromatic carbocycles. The number of hydrogen-bond acceptors (Lipinski definition) is 3. The van der Waals surface area contributed by atoms with Crippen molar-refractivity contribution in [1.29, 1.82) is 0 Å². The van der Waals surface area contributed by atoms with Crippen molar-refractivity contribution in [3.05, 3.63) is 23.5 Å². The number of nitrogens with zero attached hydrogens (tertiary/aromatic N) is 2. The van der Waals surface area contributed by atoms with Crippen LogP contribution in [0.2, 0.25) is 0 Å². The molecule has 1 aromatic rings. The lowest BCUT2D eigenvalue weighted by atomic mass is 10.0. The van der Waals surface area contributed by atoms with Gasteiger partial charge in [-0.3, -0.25) is 19.5 Å². The maximum absolute atomic E-state index is 12.4. The van der Waals surface area contributed by atoms with Crippen LogP contribution in [0.4, 0.5) is 5.69 Å². The molecule has 2 atom stereocenters. The smallest absolute Gasteiger partial charge is 0.250 e. The predicted molar refractivity (Wildman–Crippen MR) is 72.9 cm³/mol. The first-order valence-corrected chi connectivity index (χ1v) is 6.53. The van der Waals surface area contributed by atoms with Crippen molar-refractivity contribution in [1.82, 2.24) is 10.3 Å². The average Bonchev–Trinajstić information content (AvgIpc) is 2.34. The van der Waals surface area contributed by atoms with Crippen LogP contribution in [-0.2, 0) is 9.59 Å². The van der Waals surface area contributed by atoms with E-state index in [-0.39, 0.29) is 11.8 Å². The summed E-state index contributed by atoms with van der Waals surface area (Å²) >= 11 is 0. The van der Waals surface area contributed by atoms with E-state index in [4.69, 9.17) is 0 Å². The zero-order valence-electron chi connectivity index (χ0n) is 11.7. The normalized spacial score (nSPS) is 23.5. The van der Waals surface area contributed by atoms with E-state index < -0.39 is 12.1 Å². The molecule has 1 aromatic heterocycles. The highest BCUT2D eigenvalue weighted by molar-refractivity contribution is 6.08. The summed E-state index contributed by atoms with van der Waals surface area (Å²) in [6.45, 7) is 7.37. The molecule has 0 spiro atoms. The van der Waals surface area contributed by atoms with Crippen LogP contribution in [0.25, 0.3) is 0 Å². The molecule has 0 radical (unpaired) electrons. The van der Waals surface area contributed by atoms with Gasteiger partial charge in [-0.2, -0.15) is 0 Å². The molecule has 0 aliphatic carbocycles. The van der Waals surface area contributed by atoms with Crippen LogP contribution in [0, 0.1) is 13.8 Å². The second kappa shape index (κ2) is 4.99. The average molecular weight is 261 g/mol. The van der Waals surface area contributed by atoms with Crippen LogP contribution in [0.1, 0.15) is 31.7 Å². The minimum Gasteiger partial charge on any atom is -0.343 e. The number of hydrogen-bond donors (Lipinski definition) is 1. The fourth-order valence-electron chi connectivity index (χ4n) is 2.44. The molecule has 0 bridgehead atoms. The third kappa shape index (κ3) is 2.32. The maximum Gasteiger partial charge on any atom is 0.250 e. The van der Waals surface area contributed by atoms with Crippen molar-refractivity contribution in [2.45, 2.75) is 46.2 Å². The van der Waals surface area contributed by atoms with Crippen LogP contribution >= 0.6 is 0 Å². The summed E-state index contributed by atoms with van der Waals surface area (Å²) in [6, 6.07) is 2.78. The largest absolute Gasteiger partial charge is 0.343 e. The highest BCUT2D eigenvalue weighted by atomic mass is 16.2. The molecule has 1 N–H and O–H groups in total. The van der Waals surface area contributed by atoms with Crippen LogP contribution < -0.4 is 10.2 Å². The highest BCUT2D eigenvalue weighted by Gasteiger charge is 2.39. The Morgan fingerprint density at radius 1 is 1.32 bits per heavy atom. The molecular formula is C14H19N3O2. The molecule has 1 aliphatic rings. The first-order valence-electron chi connectivity index (χ1n) is 6.53. The minimum absolute atomic E-state index is 0.0831. The zero-order chi connectivity index (χ0) is 14.2. The summed E-state index contributed by atoms with van der Waals surface area (Å²) in [5.41, 5.74) is 2.40. The monoisotopic (exact) mass is 261 g/mol. The van der Waals surface area contributed by atoms with Gasteiger partial charge in [0.1, 0.15) is 12.1 Å². The maximum atomic E-state index is 12.4. The summed E-state index contributed by atoms with van der Waals surface area (Å²) in [5.74, 6) is -0.185. The highest BCUT2D eigenvalue weighted by Crippen LogP contribution is 2.25. The van der Waals surface area contributed by atoms with Crippen molar-refractivity contribution < 1.29 is 9.59 Å². The Morgan fingerprint density at radius 3 is 2.58 bits per heavy atom. The van der Waals surface area contributed by atoms with Crippen molar-refractivity contribution in [3.63, 3.8) is 0 Å². The van der Waals surface area contributed by atoms with Gasteiger partial charge in [-0.05, 0) is 39.3 Å². The Hall–Kier alpha value is -1.91. The van der Waals surface area contributed by atoms with E-state index in [1.165, 1.54) is 0 Å². The van der Waals surface area contributed by atoms with Gasteiger partial charge in [-0.25, -0.2) is 0 Å². The third-order valence-corrected chi connectivity index (χ3v) is 3.42. The number of nitrogens with one attached hydrogen (secondary N) is 1. The Labute approximate surface area is 113 Å². The molecule has 2 amide bonds. The first kappa shape index (κ1) is 13.5. The van der Waals surface area contributed by atoms with Gasteiger partial charge in [0.25, 0.3) is 0 Å². The Balaban J connectivity index is 2.48. The fourth-order valence-corrected chi connectivity index (χ4v) is 2.44. The quantitative estimate of drug-likeness (QED) is 0.873. The number of aromatic nitrogens is 1. The van der Waals surface area contributed by atoms with E-state index in [0.717, 1.165) is 17.1 Å². The van der Waals surface area contributed by atoms with Crippen LogP contribution in [0.15, 0.2) is 12.1 Å². The van der Waals surface area contributed by atoms with Gasteiger partial charge < -0.3 is 5.32 Å². The van der Waals surface area contributed by atoms with E-state index in [2.05, 4.69) is 10.3 Å². The van der Waals surface area contributed by atoms with E-state index in [1.54, 1.807) is 11.8 Å². The second-order valence-electron chi connectivity index (χ2n) is 4.92. The Morgan fingerprint density at radius 2 is 2.00 bits per heavy atom. The number of carbonyl (C=O) groups excluding carboxylic acids is 2. The number of aryl methyl sites for hydroxylation is 2. The van der Waals surface area contributed by atoms with Gasteiger partial charge in [-0.1, -0.05) is 6.92 Å². The molecular weight excluding hydrogens is 242 g/mol. The molecule has 1 fully saturated rings. The van der Waals surface area contributed by atoms with Gasteiger partial charge >= 0.3 is 0 Å². The minimum atomic E-state index is -0.490. The molecule has 2 heterocycles. The fraction of sp³-hybridized carbons (Fsp3) is 0.500. The number of rotatable bonds is 2. The summed E-state index contributed by atoms with van der Waals surface area (Å²) in [6.07, 6.45) is 0.581. The number of piperazine rings is 1. The number of anilines is 1. The van der Waals surface area contributed by atoms with Gasteiger partial charge in [0.05, 0.1) is 11.4 Å². The van der Waals surface area contributed by atoms with Gasteiger partial charge in [0.2, 0.25) is 11.8 Å². The lowest BCUT2D eigenvalue weighted by Crippen LogP contribution is -2.62. The molecule has 19 heavy (non-hydrogen) atoms. The van der Waals surface area contributed by atoms with Gasteiger partial charge in [0.15, 0.2) is 0 Å². The Kier molecular flexibility index (Phi) is 3.55. The van der Waals surface area contributed by atoms with Gasteiger partial charge in [0, 0.05) is 5.69 Å². The molecule has 2 unspecified atom stereocenters. The summed E-state index contributed by atoms with van der Waals surface area (Å²) < 4.78 is 0. The Bertz CT molecular complexity index is 527. The first-order chi connectivity index (χ1) is 8.95. The summed E-state index contributed by atoms with van der Waals surface area (Å²) in [7, 11) is 0. The summed E-state index contributed by atoms with van der Waals surface area (Å²) in [5, 5.41) is 2.71. The lowest BCUT2D eigenvalue weighted by molar-refractivity contribution is -0.133. The number of pyridine rings is 1. The zero-order valence-corrected chi connectivity index (χ0v) is 11.7. The van der Waals surface area contributed by atoms with E-state index >= 15 is 0 Å². The molecule has 0 saturated carbocycles. The van der Waals surface area contributed by atoms with E-state index in [9.17, 15) is 9.59 Å². The molecule has 5 heteroatoms.